The van der Waals surface area contributed by atoms with Crippen LogP contribution in [0.15, 0.2) is 52.9 Å². The first-order valence-corrected chi connectivity index (χ1v) is 9.02. The van der Waals surface area contributed by atoms with Gasteiger partial charge in [0.25, 0.3) is 5.91 Å². The molecular weight excluding hydrogens is 360 g/mol. The van der Waals surface area contributed by atoms with E-state index < -0.39 is 11.8 Å². The third-order valence-electron chi connectivity index (χ3n) is 4.03. The maximum Gasteiger partial charge on any atom is 0.305 e. The average molecular weight is 382 g/mol. The summed E-state index contributed by atoms with van der Waals surface area (Å²) in [5, 5.41) is 0.853. The van der Waals surface area contributed by atoms with Crippen molar-refractivity contribution in [3.8, 4) is 11.5 Å². The number of hydrogen-bond donors (Lipinski definition) is 2. The number of ether oxygens (including phenoxy) is 2. The summed E-state index contributed by atoms with van der Waals surface area (Å²) in [6.45, 7) is 4.08. The van der Waals surface area contributed by atoms with Gasteiger partial charge in [0.2, 0.25) is 0 Å². The Hall–Kier alpha value is -3.48. The minimum absolute atomic E-state index is 0.153. The molecule has 1 heterocycles. The molecule has 0 spiro atoms. The number of amides is 2. The van der Waals surface area contributed by atoms with Crippen molar-refractivity contribution in [2.45, 2.75) is 20.3 Å². The van der Waals surface area contributed by atoms with E-state index in [1.165, 1.54) is 0 Å². The number of para-hydroxylation sites is 3. The van der Waals surface area contributed by atoms with E-state index >= 15 is 0 Å². The SMILES string of the molecule is CCCOc1ccccc1OCC(=O)NNC(=O)c1oc2ccccc2c1C. The van der Waals surface area contributed by atoms with Crippen LogP contribution in [-0.4, -0.2) is 25.0 Å². The third kappa shape index (κ3) is 4.43. The van der Waals surface area contributed by atoms with Gasteiger partial charge < -0.3 is 13.9 Å². The van der Waals surface area contributed by atoms with Gasteiger partial charge in [-0.3, -0.25) is 20.4 Å². The van der Waals surface area contributed by atoms with Crippen molar-refractivity contribution in [1.82, 2.24) is 10.9 Å². The van der Waals surface area contributed by atoms with Crippen molar-refractivity contribution in [3.05, 3.63) is 59.9 Å². The molecule has 7 nitrogen and oxygen atoms in total. The van der Waals surface area contributed by atoms with Crippen molar-refractivity contribution >= 4 is 22.8 Å². The summed E-state index contributed by atoms with van der Waals surface area (Å²) in [7, 11) is 0. The van der Waals surface area contributed by atoms with Crippen LogP contribution in [0.3, 0.4) is 0 Å². The summed E-state index contributed by atoms with van der Waals surface area (Å²) in [6.07, 6.45) is 0.863. The van der Waals surface area contributed by atoms with Gasteiger partial charge in [-0.25, -0.2) is 0 Å². The van der Waals surface area contributed by atoms with Crippen LogP contribution in [-0.2, 0) is 4.79 Å². The third-order valence-corrected chi connectivity index (χ3v) is 4.03. The van der Waals surface area contributed by atoms with Crippen molar-refractivity contribution in [1.29, 1.82) is 0 Å². The molecule has 2 N–H and O–H groups in total. The Balaban J connectivity index is 1.54. The van der Waals surface area contributed by atoms with Crippen molar-refractivity contribution < 1.29 is 23.5 Å². The van der Waals surface area contributed by atoms with E-state index in [0.29, 0.717) is 29.3 Å². The highest BCUT2D eigenvalue weighted by molar-refractivity contribution is 5.99. The van der Waals surface area contributed by atoms with Crippen molar-refractivity contribution in [3.63, 3.8) is 0 Å². The molecule has 0 saturated carbocycles. The van der Waals surface area contributed by atoms with E-state index in [4.69, 9.17) is 13.9 Å². The van der Waals surface area contributed by atoms with Crippen LogP contribution in [0, 0.1) is 6.92 Å². The van der Waals surface area contributed by atoms with Crippen molar-refractivity contribution in [2.24, 2.45) is 0 Å². The summed E-state index contributed by atoms with van der Waals surface area (Å²) in [6, 6.07) is 14.5. The van der Waals surface area contributed by atoms with Gasteiger partial charge in [-0.2, -0.15) is 0 Å². The summed E-state index contributed by atoms with van der Waals surface area (Å²) in [5.74, 6) is 0.145. The summed E-state index contributed by atoms with van der Waals surface area (Å²) >= 11 is 0. The minimum atomic E-state index is -0.534. The van der Waals surface area contributed by atoms with Gasteiger partial charge in [-0.1, -0.05) is 37.3 Å². The summed E-state index contributed by atoms with van der Waals surface area (Å²) in [5.41, 5.74) is 5.99. The van der Waals surface area contributed by atoms with Crippen LogP contribution in [0.25, 0.3) is 11.0 Å². The van der Waals surface area contributed by atoms with E-state index in [1.807, 2.05) is 31.2 Å². The number of hydrogen-bond acceptors (Lipinski definition) is 5. The second kappa shape index (κ2) is 8.94. The fourth-order valence-electron chi connectivity index (χ4n) is 2.65. The topological polar surface area (TPSA) is 89.8 Å². The van der Waals surface area contributed by atoms with Gasteiger partial charge in [-0.05, 0) is 31.5 Å². The average Bonchev–Trinajstić information content (AvgIpc) is 3.06. The number of aryl methyl sites for hydroxylation is 1. The Labute approximate surface area is 162 Å². The summed E-state index contributed by atoms with van der Waals surface area (Å²) in [4.78, 5) is 24.3. The number of carbonyl (C=O) groups excluding carboxylic acids is 2. The van der Waals surface area contributed by atoms with Crippen LogP contribution >= 0.6 is 0 Å². The van der Waals surface area contributed by atoms with Gasteiger partial charge in [0.05, 0.1) is 6.61 Å². The molecule has 0 unspecified atom stereocenters. The maximum absolute atomic E-state index is 12.3. The number of rotatable bonds is 7. The molecule has 2 amide bonds. The van der Waals surface area contributed by atoms with E-state index in [2.05, 4.69) is 10.9 Å². The lowest BCUT2D eigenvalue weighted by Gasteiger charge is -2.12. The van der Waals surface area contributed by atoms with Gasteiger partial charge in [-0.15, -0.1) is 0 Å². The first-order chi connectivity index (χ1) is 13.6. The molecule has 0 radical (unpaired) electrons. The monoisotopic (exact) mass is 382 g/mol. The molecule has 1 aromatic heterocycles. The largest absolute Gasteiger partial charge is 0.490 e. The molecule has 0 atom stereocenters. The highest BCUT2D eigenvalue weighted by Gasteiger charge is 2.18. The molecule has 146 valence electrons. The highest BCUT2D eigenvalue weighted by atomic mass is 16.5. The van der Waals surface area contributed by atoms with E-state index in [0.717, 1.165) is 11.8 Å². The van der Waals surface area contributed by atoms with Crippen LogP contribution in [0.5, 0.6) is 11.5 Å². The molecular formula is C21H22N2O5. The van der Waals surface area contributed by atoms with E-state index in [-0.39, 0.29) is 12.4 Å². The zero-order valence-electron chi connectivity index (χ0n) is 15.8. The quantitative estimate of drug-likeness (QED) is 0.612. The van der Waals surface area contributed by atoms with Crippen LogP contribution in [0.1, 0.15) is 29.5 Å². The van der Waals surface area contributed by atoms with E-state index in [1.54, 1.807) is 31.2 Å². The number of nitrogens with one attached hydrogen (secondary N) is 2. The van der Waals surface area contributed by atoms with Gasteiger partial charge in [0, 0.05) is 10.9 Å². The Bertz CT molecular complexity index is 980. The Morgan fingerprint density at radius 3 is 2.36 bits per heavy atom. The Morgan fingerprint density at radius 2 is 1.64 bits per heavy atom. The normalized spacial score (nSPS) is 10.5. The Morgan fingerprint density at radius 1 is 0.964 bits per heavy atom. The van der Waals surface area contributed by atoms with E-state index in [9.17, 15) is 9.59 Å². The first-order valence-electron chi connectivity index (χ1n) is 9.02. The fraction of sp³-hybridized carbons (Fsp3) is 0.238. The van der Waals surface area contributed by atoms with Crippen LogP contribution < -0.4 is 20.3 Å². The minimum Gasteiger partial charge on any atom is -0.490 e. The number of fused-ring (bicyclic) bond motifs is 1. The van der Waals surface area contributed by atoms with Gasteiger partial charge in [0.1, 0.15) is 5.58 Å². The lowest BCUT2D eigenvalue weighted by Crippen LogP contribution is -2.43. The van der Waals surface area contributed by atoms with Crippen LogP contribution in [0.2, 0.25) is 0 Å². The smallest absolute Gasteiger partial charge is 0.305 e. The summed E-state index contributed by atoms with van der Waals surface area (Å²) < 4.78 is 16.6. The zero-order chi connectivity index (χ0) is 19.9. The molecule has 0 aliphatic carbocycles. The first kappa shape index (κ1) is 19.3. The molecule has 0 bridgehead atoms. The fourth-order valence-corrected chi connectivity index (χ4v) is 2.65. The van der Waals surface area contributed by atoms with Gasteiger partial charge in [0.15, 0.2) is 23.9 Å². The number of furan rings is 1. The molecule has 0 aliphatic heterocycles. The number of carbonyl (C=O) groups is 2. The second-order valence-corrected chi connectivity index (χ2v) is 6.14. The number of hydrazine groups is 1. The standard InChI is InChI=1S/C21H22N2O5/c1-3-12-26-17-10-6-7-11-18(17)27-13-19(24)22-23-21(25)20-14(2)15-8-4-5-9-16(15)28-20/h4-11H,3,12-13H2,1-2H3,(H,22,24)(H,23,25). The molecule has 0 fully saturated rings. The number of benzene rings is 2. The lowest BCUT2D eigenvalue weighted by atomic mass is 10.1. The maximum atomic E-state index is 12.3. The van der Waals surface area contributed by atoms with Gasteiger partial charge >= 0.3 is 5.91 Å². The molecule has 2 aromatic carbocycles. The second-order valence-electron chi connectivity index (χ2n) is 6.14. The Kier molecular flexibility index (Phi) is 6.16. The predicted molar refractivity (Wildman–Crippen MR) is 104 cm³/mol. The molecule has 0 saturated heterocycles. The molecule has 3 aromatic rings. The molecule has 7 heteroatoms. The van der Waals surface area contributed by atoms with Crippen molar-refractivity contribution in [2.75, 3.05) is 13.2 Å². The highest BCUT2D eigenvalue weighted by Crippen LogP contribution is 2.26. The lowest BCUT2D eigenvalue weighted by molar-refractivity contribution is -0.123. The molecule has 28 heavy (non-hydrogen) atoms. The molecule has 3 rings (SSSR count). The van der Waals surface area contributed by atoms with Crippen LogP contribution in [0.4, 0.5) is 0 Å². The molecule has 0 aliphatic rings. The zero-order valence-corrected chi connectivity index (χ0v) is 15.8. The predicted octanol–water partition coefficient (Wildman–Crippen LogP) is 3.37.